The fourth-order valence-electron chi connectivity index (χ4n) is 10.7. The first-order valence-corrected chi connectivity index (χ1v) is 37.0. The van der Waals surface area contributed by atoms with E-state index in [4.69, 9.17) is 27.4 Å². The summed E-state index contributed by atoms with van der Waals surface area (Å²) in [5.74, 6) is -25.9. The molecule has 0 aromatic carbocycles. The van der Waals surface area contributed by atoms with Crippen LogP contribution >= 0.6 is 0 Å². The zero-order valence-corrected chi connectivity index (χ0v) is 65.2. The van der Waals surface area contributed by atoms with E-state index in [1.165, 1.54) is 27.7 Å². The molecule has 0 fully saturated rings. The van der Waals surface area contributed by atoms with Crippen LogP contribution in [0.5, 0.6) is 0 Å². The zero-order chi connectivity index (χ0) is 86.7. The van der Waals surface area contributed by atoms with Crippen molar-refractivity contribution in [3.63, 3.8) is 0 Å². The van der Waals surface area contributed by atoms with Crippen molar-refractivity contribution in [3.8, 4) is 0 Å². The van der Waals surface area contributed by atoms with E-state index in [0.29, 0.717) is 13.0 Å². The van der Waals surface area contributed by atoms with E-state index in [-0.39, 0.29) is 63.3 Å². The highest BCUT2D eigenvalue weighted by molar-refractivity contribution is 6.00. The molecule has 45 nitrogen and oxygen atoms in total. The lowest BCUT2D eigenvalue weighted by atomic mass is 9.96. The molecule has 0 spiro atoms. The minimum absolute atomic E-state index is 0.00601. The summed E-state index contributed by atoms with van der Waals surface area (Å²) in [6, 6.07) is -21.0. The smallest absolute Gasteiger partial charge is 0.326 e. The summed E-state index contributed by atoms with van der Waals surface area (Å²) in [6.45, 7) is 13.7. The van der Waals surface area contributed by atoms with Crippen molar-refractivity contribution < 1.29 is 138 Å². The Labute approximate surface area is 652 Å². The number of hydrogen-bond donors (Lipinski definition) is 25. The first kappa shape index (κ1) is 102. The lowest BCUT2D eigenvalue weighted by molar-refractivity contribution is -0.403. The molecule has 113 heavy (non-hydrogen) atoms. The van der Waals surface area contributed by atoms with Gasteiger partial charge in [0.05, 0.1) is 19.5 Å². The summed E-state index contributed by atoms with van der Waals surface area (Å²) in [6.07, 6.45) is -8.04. The average molecular weight is 1620 g/mol. The molecule has 0 aliphatic heterocycles. The number of amides is 14. The number of unbranched alkanes of at least 4 members (excludes halogenated alkanes) is 1. The number of carboxylic acids is 6. The highest BCUT2D eigenvalue weighted by atomic mass is 16.4. The van der Waals surface area contributed by atoms with Crippen LogP contribution in [0.15, 0.2) is 0 Å². The van der Waals surface area contributed by atoms with Crippen LogP contribution in [0.3, 0.4) is 0 Å². The predicted molar refractivity (Wildman–Crippen MR) is 394 cm³/mol. The van der Waals surface area contributed by atoms with E-state index in [0.717, 1.165) is 0 Å². The summed E-state index contributed by atoms with van der Waals surface area (Å²) < 4.78 is 0. The van der Waals surface area contributed by atoms with Crippen molar-refractivity contribution >= 4 is 119 Å². The van der Waals surface area contributed by atoms with Crippen LogP contribution in [0.2, 0.25) is 0 Å². The third-order valence-electron chi connectivity index (χ3n) is 17.2. The fourth-order valence-corrected chi connectivity index (χ4v) is 10.7. The van der Waals surface area contributed by atoms with Crippen LogP contribution in [0.4, 0.5) is 0 Å². The standard InChI is InChI=1S/C68H117N19O26/c1-10-34(8)54(87-63(108)42(19-23-50(94)95)81-60(105)40(17-21-48(90)91)77-56(101)36(70)28-51(96)97)66(111)82-41(18-22-49(92)93)61(106)78-38(15-13-25-74-68(72)73)59(104)80-39(16-20-46(71)88)62(107)84-44(27-32(4)5)64(109)79-37(14-11-12-24-69)58(103)76-35(9)55(100)83-43(26-31(2)3)57(102)75-30-47(89)86-53(33(6)7)65(110)85-45(67(112)113)29-52(98)99/h31-45,53-54,68,74H,10-30,69-70,72-73H2,1-9H3,(H2,71,88)(H,75,102)(H,76,103)(H,77,101)(H,78,106)(H,79,109)(H,80,104)(H,81,105)(H,82,111)(H,83,100)(H,84,107)(H,85,110)(H,86,89)(H,87,108)(H,90,91)(H,92,93)(H,94,95)(H,96,97)(H,98,99)(H,112,113)/p+2/t34-,35-,36-,37-,38-,39-,40-,41-,42-,43-,44-,45-,53-,54-/m0/s1. The van der Waals surface area contributed by atoms with E-state index in [9.17, 15) is 116 Å². The number of carbonyl (C=O) groups excluding carboxylic acids is 14. The van der Waals surface area contributed by atoms with Crippen molar-refractivity contribution in [2.24, 2.45) is 40.9 Å². The molecular weight excluding hydrogens is 1500 g/mol. The van der Waals surface area contributed by atoms with E-state index in [1.807, 2.05) is 0 Å². The largest absolute Gasteiger partial charge is 0.481 e. The Morgan fingerprint density at radius 3 is 1.13 bits per heavy atom. The molecule has 32 N–H and O–H groups in total. The van der Waals surface area contributed by atoms with Gasteiger partial charge < -0.3 is 128 Å². The third kappa shape index (κ3) is 43.0. The van der Waals surface area contributed by atoms with Crippen molar-refractivity contribution in [1.29, 1.82) is 0 Å². The van der Waals surface area contributed by atoms with Gasteiger partial charge in [0.2, 0.25) is 76.8 Å². The zero-order valence-electron chi connectivity index (χ0n) is 65.2. The number of carbonyl (C=O) groups is 20. The SMILES string of the molecule is CC[C@H](C)[C@H](NC(=O)[C@H](CCC(=O)O)NC(=O)[C@H](CCC(=O)O)NC(=O)[C@@H]([NH3+])CC(=O)O)C(=O)N[C@@H](CCC(=O)O)C(=O)N[C@@H](CCCNC(N)N)C(=O)N[C@@H](CCC(N)=O)C(=O)N[C@@H](CC(C)C)C(=O)N[C@@H](CCCC[NH3+])C(=O)N[C@@H](C)C(=O)N[C@@H](CC(C)C)C(=O)NCC(=O)N[C@H](C(=O)N[C@@H](CC(=O)O)C(=O)O)C(C)C. The van der Waals surface area contributed by atoms with Gasteiger partial charge in [-0.15, -0.1) is 0 Å². The Bertz CT molecular complexity index is 3290. The van der Waals surface area contributed by atoms with Gasteiger partial charge in [-0.2, -0.15) is 0 Å². The van der Waals surface area contributed by atoms with Crippen molar-refractivity contribution in [1.82, 2.24) is 74.4 Å². The van der Waals surface area contributed by atoms with E-state index in [1.54, 1.807) is 34.6 Å². The maximum absolute atomic E-state index is 14.6. The Morgan fingerprint density at radius 2 is 0.735 bits per heavy atom. The number of quaternary nitrogens is 2. The second kappa shape index (κ2) is 53.2. The predicted octanol–water partition coefficient (Wildman–Crippen LogP) is -8.78. The van der Waals surface area contributed by atoms with Crippen LogP contribution in [-0.4, -0.2) is 254 Å². The van der Waals surface area contributed by atoms with Gasteiger partial charge in [0, 0.05) is 25.7 Å². The van der Waals surface area contributed by atoms with Gasteiger partial charge in [-0.25, -0.2) is 4.79 Å². The monoisotopic (exact) mass is 1620 g/mol. The fraction of sp³-hybridized carbons (Fsp3) is 0.706. The van der Waals surface area contributed by atoms with Crippen molar-refractivity contribution in [3.05, 3.63) is 0 Å². The Kier molecular flexibility index (Phi) is 48.1. The number of nitrogens with two attached hydrogens (primary N) is 3. The van der Waals surface area contributed by atoms with E-state index < -0.39 is 286 Å². The summed E-state index contributed by atoms with van der Waals surface area (Å²) in [5.41, 5.74) is 24.1. The molecule has 0 aliphatic rings. The molecule has 0 bridgehead atoms. The Hall–Kier alpha value is -10.8. The molecule has 45 heteroatoms. The van der Waals surface area contributed by atoms with Crippen molar-refractivity contribution in [2.45, 2.75) is 263 Å². The van der Waals surface area contributed by atoms with Crippen LogP contribution in [0.25, 0.3) is 0 Å². The lowest BCUT2D eigenvalue weighted by Gasteiger charge is -2.30. The molecule has 0 saturated carbocycles. The second-order valence-electron chi connectivity index (χ2n) is 28.4. The molecule has 14 atom stereocenters. The lowest BCUT2D eigenvalue weighted by Crippen LogP contribution is -2.69. The summed E-state index contributed by atoms with van der Waals surface area (Å²) in [5, 5.41) is 90.2. The second-order valence-corrected chi connectivity index (χ2v) is 28.4. The first-order valence-electron chi connectivity index (χ1n) is 37.0. The molecule has 0 unspecified atom stereocenters. The highest BCUT2D eigenvalue weighted by Crippen LogP contribution is 2.16. The molecule has 0 aliphatic carbocycles. The summed E-state index contributed by atoms with van der Waals surface area (Å²) >= 11 is 0. The molecule has 14 amide bonds. The van der Waals surface area contributed by atoms with Gasteiger partial charge in [-0.05, 0) is 108 Å². The van der Waals surface area contributed by atoms with E-state index in [2.05, 4.69) is 85.9 Å². The minimum atomic E-state index is -1.87. The normalized spacial score (nSPS) is 14.9. The van der Waals surface area contributed by atoms with Gasteiger partial charge in [0.1, 0.15) is 85.2 Å². The van der Waals surface area contributed by atoms with Gasteiger partial charge in [-0.1, -0.05) is 61.8 Å². The Balaban J connectivity index is 7.21. The van der Waals surface area contributed by atoms with Gasteiger partial charge >= 0.3 is 35.8 Å². The maximum atomic E-state index is 14.6. The molecular formula is C68H119N19O26+2. The highest BCUT2D eigenvalue weighted by Gasteiger charge is 2.39. The van der Waals surface area contributed by atoms with Crippen LogP contribution in [0, 0.1) is 23.7 Å². The average Bonchev–Trinajstić information content (AvgIpc) is 0.837. The number of hydrogen-bond acceptors (Lipinski definition) is 23. The van der Waals surface area contributed by atoms with Crippen LogP contribution in [0.1, 0.15) is 178 Å². The van der Waals surface area contributed by atoms with Gasteiger partial charge in [-0.3, -0.25) is 96.4 Å². The first-order chi connectivity index (χ1) is 52.6. The molecule has 0 aromatic rings. The number of rotatable bonds is 59. The molecule has 640 valence electrons. The molecule has 0 saturated heterocycles. The van der Waals surface area contributed by atoms with Crippen LogP contribution < -0.4 is 103 Å². The quantitative estimate of drug-likeness (QED) is 0.0199. The maximum Gasteiger partial charge on any atom is 0.326 e. The summed E-state index contributed by atoms with van der Waals surface area (Å²) in [7, 11) is 0. The topological polar surface area (TPSA) is 765 Å². The van der Waals surface area contributed by atoms with Gasteiger partial charge in [0.25, 0.3) is 5.91 Å². The minimum Gasteiger partial charge on any atom is -0.481 e. The molecule has 0 heterocycles. The molecule has 0 rings (SSSR count). The summed E-state index contributed by atoms with van der Waals surface area (Å²) in [4.78, 5) is 263. The Morgan fingerprint density at radius 1 is 0.372 bits per heavy atom. The number of nitrogens with one attached hydrogen (secondary N) is 14. The number of carboxylic acid groups (broad SMARTS) is 6. The molecule has 0 radical (unpaired) electrons. The van der Waals surface area contributed by atoms with Crippen LogP contribution in [-0.2, 0) is 95.9 Å². The number of primary amides is 1. The van der Waals surface area contributed by atoms with E-state index >= 15 is 0 Å². The molecule has 0 aromatic heterocycles. The van der Waals surface area contributed by atoms with Gasteiger partial charge in [0.15, 0.2) is 6.04 Å². The van der Waals surface area contributed by atoms with Crippen molar-refractivity contribution in [2.75, 3.05) is 19.6 Å². The third-order valence-corrected chi connectivity index (χ3v) is 17.2. The number of aliphatic carboxylic acids is 6.